The van der Waals surface area contributed by atoms with Gasteiger partial charge in [0.1, 0.15) is 28.9 Å². The van der Waals surface area contributed by atoms with Crippen molar-refractivity contribution in [1.29, 1.82) is 0 Å². The molecule has 0 aliphatic carbocycles. The third-order valence-corrected chi connectivity index (χ3v) is 6.29. The molecule has 1 atom stereocenters. The summed E-state index contributed by atoms with van der Waals surface area (Å²) in [5.74, 6) is 0.172. The highest BCUT2D eigenvalue weighted by Crippen LogP contribution is 2.31. The second kappa shape index (κ2) is 11.5. The molecular formula is C31H26N4O5. The van der Waals surface area contributed by atoms with Gasteiger partial charge in [0.15, 0.2) is 5.82 Å². The number of amides is 1. The van der Waals surface area contributed by atoms with Gasteiger partial charge in [-0.15, -0.1) is 5.10 Å². The molecule has 0 fully saturated rings. The largest absolute Gasteiger partial charge is 0.478 e. The third kappa shape index (κ3) is 5.83. The lowest BCUT2D eigenvalue weighted by Gasteiger charge is -2.14. The van der Waals surface area contributed by atoms with Crippen LogP contribution >= 0.6 is 0 Å². The predicted octanol–water partition coefficient (Wildman–Crippen LogP) is 6.95. The van der Waals surface area contributed by atoms with E-state index in [0.717, 1.165) is 22.3 Å². The van der Waals surface area contributed by atoms with Crippen molar-refractivity contribution in [2.45, 2.75) is 13.0 Å². The van der Waals surface area contributed by atoms with Gasteiger partial charge >= 0.3 is 12.1 Å². The topological polar surface area (TPSA) is 116 Å². The van der Waals surface area contributed by atoms with E-state index in [0.29, 0.717) is 17.3 Å². The van der Waals surface area contributed by atoms with Crippen molar-refractivity contribution in [1.82, 2.24) is 15.0 Å². The molecule has 5 aromatic rings. The Kier molecular flexibility index (Phi) is 7.54. The first-order valence-corrected chi connectivity index (χ1v) is 12.5. The molecule has 1 heterocycles. The first kappa shape index (κ1) is 26.2. The maximum Gasteiger partial charge on any atom is 0.413 e. The normalized spacial score (nSPS) is 11.4. The van der Waals surface area contributed by atoms with Crippen LogP contribution in [0.25, 0.3) is 22.4 Å². The van der Waals surface area contributed by atoms with Gasteiger partial charge < -0.3 is 14.6 Å². The molecule has 0 bridgehead atoms. The smallest absolute Gasteiger partial charge is 0.413 e. The number of ether oxygens (including phenoxy) is 2. The Balaban J connectivity index is 1.28. The van der Waals surface area contributed by atoms with Gasteiger partial charge in [-0.1, -0.05) is 84.1 Å². The van der Waals surface area contributed by atoms with E-state index in [2.05, 4.69) is 15.6 Å². The molecule has 0 saturated heterocycles. The summed E-state index contributed by atoms with van der Waals surface area (Å²) < 4.78 is 12.8. The van der Waals surface area contributed by atoms with Crippen LogP contribution in [0, 0.1) is 0 Å². The van der Waals surface area contributed by atoms with Gasteiger partial charge in [0.05, 0.1) is 0 Å². The first-order chi connectivity index (χ1) is 19.4. The van der Waals surface area contributed by atoms with Crippen molar-refractivity contribution in [3.63, 3.8) is 0 Å². The minimum Gasteiger partial charge on any atom is -0.478 e. The number of carbonyl (C=O) groups is 2. The van der Waals surface area contributed by atoms with Gasteiger partial charge in [0.2, 0.25) is 0 Å². The molecule has 9 nitrogen and oxygen atoms in total. The second-order valence-corrected chi connectivity index (χ2v) is 9.00. The van der Waals surface area contributed by atoms with Crippen LogP contribution in [0.15, 0.2) is 103 Å². The highest BCUT2D eigenvalue weighted by molar-refractivity contribution is 5.91. The monoisotopic (exact) mass is 534 g/mol. The molecule has 0 saturated carbocycles. The van der Waals surface area contributed by atoms with E-state index >= 15 is 0 Å². The predicted molar refractivity (Wildman–Crippen MR) is 150 cm³/mol. The minimum atomic E-state index is -1.05. The SMILES string of the molecule is C[C@@H](OC(=O)Nc1c(-c2ccc(-c3ccc(Oc4ccccc4C(=O)O)cc3)cc2)nnn1C)c1ccccc1. The minimum absolute atomic E-state index is 0.0963. The summed E-state index contributed by atoms with van der Waals surface area (Å²) in [6, 6.07) is 31.0. The molecule has 0 unspecified atom stereocenters. The fourth-order valence-electron chi connectivity index (χ4n) is 4.17. The molecule has 1 aromatic heterocycles. The number of carboxylic acid groups (broad SMARTS) is 1. The third-order valence-electron chi connectivity index (χ3n) is 6.29. The second-order valence-electron chi connectivity index (χ2n) is 9.00. The van der Waals surface area contributed by atoms with E-state index in [1.54, 1.807) is 37.4 Å². The van der Waals surface area contributed by atoms with E-state index in [-0.39, 0.29) is 11.3 Å². The molecule has 5 rings (SSSR count). The van der Waals surface area contributed by atoms with Crippen LogP contribution in [0.5, 0.6) is 11.5 Å². The number of rotatable bonds is 8. The van der Waals surface area contributed by atoms with Gasteiger partial charge in [-0.05, 0) is 47.9 Å². The maximum atomic E-state index is 12.6. The lowest BCUT2D eigenvalue weighted by molar-refractivity contribution is 0.0694. The van der Waals surface area contributed by atoms with E-state index in [1.807, 2.05) is 73.7 Å². The Morgan fingerprint density at radius 2 is 1.43 bits per heavy atom. The average Bonchev–Trinajstić information content (AvgIpc) is 3.33. The lowest BCUT2D eigenvalue weighted by atomic mass is 10.0. The van der Waals surface area contributed by atoms with Gasteiger partial charge in [0.25, 0.3) is 0 Å². The van der Waals surface area contributed by atoms with Crippen LogP contribution < -0.4 is 10.1 Å². The number of hydrogen-bond donors (Lipinski definition) is 2. The maximum absolute atomic E-state index is 12.6. The van der Waals surface area contributed by atoms with Gasteiger partial charge in [-0.2, -0.15) is 0 Å². The Labute approximate surface area is 230 Å². The zero-order chi connectivity index (χ0) is 28.1. The molecule has 0 radical (unpaired) electrons. The van der Waals surface area contributed by atoms with Crippen molar-refractivity contribution >= 4 is 17.9 Å². The Morgan fingerprint density at radius 1 is 0.825 bits per heavy atom. The average molecular weight is 535 g/mol. The van der Waals surface area contributed by atoms with E-state index in [4.69, 9.17) is 9.47 Å². The van der Waals surface area contributed by atoms with Crippen LogP contribution in [-0.2, 0) is 11.8 Å². The molecule has 9 heteroatoms. The molecule has 40 heavy (non-hydrogen) atoms. The molecular weight excluding hydrogens is 508 g/mol. The van der Waals surface area contributed by atoms with Crippen molar-refractivity contribution in [2.75, 3.05) is 5.32 Å². The molecule has 4 aromatic carbocycles. The summed E-state index contributed by atoms with van der Waals surface area (Å²) in [5, 5.41) is 20.4. The summed E-state index contributed by atoms with van der Waals surface area (Å²) in [6.07, 6.45) is -1.03. The molecule has 1 amide bonds. The first-order valence-electron chi connectivity index (χ1n) is 12.5. The summed E-state index contributed by atoms with van der Waals surface area (Å²) in [4.78, 5) is 24.1. The summed E-state index contributed by atoms with van der Waals surface area (Å²) in [6.45, 7) is 1.81. The number of nitrogens with one attached hydrogen (secondary N) is 1. The summed E-state index contributed by atoms with van der Waals surface area (Å²) in [5.41, 5.74) is 4.17. The Hall–Kier alpha value is -5.44. The van der Waals surface area contributed by atoms with Crippen molar-refractivity contribution in [3.05, 3.63) is 114 Å². The quantitative estimate of drug-likeness (QED) is 0.221. The fourth-order valence-corrected chi connectivity index (χ4v) is 4.17. The van der Waals surface area contributed by atoms with Crippen molar-refractivity contribution in [2.24, 2.45) is 7.05 Å². The van der Waals surface area contributed by atoms with Crippen LogP contribution in [0.1, 0.15) is 28.9 Å². The number of aryl methyl sites for hydroxylation is 1. The van der Waals surface area contributed by atoms with Crippen LogP contribution in [0.3, 0.4) is 0 Å². The van der Waals surface area contributed by atoms with E-state index < -0.39 is 18.2 Å². The summed E-state index contributed by atoms with van der Waals surface area (Å²) in [7, 11) is 1.69. The summed E-state index contributed by atoms with van der Waals surface area (Å²) >= 11 is 0. The zero-order valence-electron chi connectivity index (χ0n) is 21.8. The number of nitrogens with zero attached hydrogens (tertiary/aromatic N) is 3. The molecule has 2 N–H and O–H groups in total. The molecule has 200 valence electrons. The number of carbonyl (C=O) groups excluding carboxylic acids is 1. The number of anilines is 1. The molecule has 0 aliphatic heterocycles. The van der Waals surface area contributed by atoms with Crippen LogP contribution in [0.4, 0.5) is 10.6 Å². The number of aromatic carboxylic acids is 1. The van der Waals surface area contributed by atoms with Crippen LogP contribution in [-0.4, -0.2) is 32.2 Å². The number of aromatic nitrogens is 3. The number of benzene rings is 4. The van der Waals surface area contributed by atoms with E-state index in [9.17, 15) is 14.7 Å². The van der Waals surface area contributed by atoms with Gasteiger partial charge in [-0.25, -0.2) is 14.3 Å². The van der Waals surface area contributed by atoms with Gasteiger partial charge in [0, 0.05) is 12.6 Å². The van der Waals surface area contributed by atoms with Gasteiger partial charge in [-0.3, -0.25) is 5.32 Å². The molecule has 0 spiro atoms. The number of carboxylic acids is 1. The molecule has 0 aliphatic rings. The standard InChI is InChI=1S/C31H26N4O5/c1-20(21-8-4-3-5-9-21)39-31(38)32-29-28(33-34-35(29)2)24-14-12-22(13-15-24)23-16-18-25(19-17-23)40-27-11-7-6-10-26(27)30(36)37/h3-20H,1-2H3,(H,32,38)(H,36,37)/t20-/m1/s1. The number of hydrogen-bond acceptors (Lipinski definition) is 6. The van der Waals surface area contributed by atoms with E-state index in [1.165, 1.54) is 10.7 Å². The van der Waals surface area contributed by atoms with Crippen LogP contribution in [0.2, 0.25) is 0 Å². The Bertz CT molecular complexity index is 1630. The van der Waals surface area contributed by atoms with Crippen molar-refractivity contribution < 1.29 is 24.2 Å². The zero-order valence-corrected chi connectivity index (χ0v) is 21.8. The highest BCUT2D eigenvalue weighted by Gasteiger charge is 2.18. The highest BCUT2D eigenvalue weighted by atomic mass is 16.6. The van der Waals surface area contributed by atoms with Crippen molar-refractivity contribution in [3.8, 4) is 33.9 Å². The lowest BCUT2D eigenvalue weighted by Crippen LogP contribution is -2.18. The fraction of sp³-hybridized carbons (Fsp3) is 0.0968. The number of para-hydroxylation sites is 1. The Morgan fingerprint density at radius 3 is 2.10 bits per heavy atom.